The Balaban J connectivity index is 2.37. The zero-order valence-corrected chi connectivity index (χ0v) is 14.4. The first kappa shape index (κ1) is 21.3. The van der Waals surface area contributed by atoms with Gasteiger partial charge in [0.15, 0.2) is 5.82 Å². The van der Waals surface area contributed by atoms with Gasteiger partial charge in [0.2, 0.25) is 5.91 Å². The maximum atomic E-state index is 12.8. The summed E-state index contributed by atoms with van der Waals surface area (Å²) in [6.45, 7) is 0. The summed E-state index contributed by atoms with van der Waals surface area (Å²) in [4.78, 5) is 15.3. The van der Waals surface area contributed by atoms with Crippen LogP contribution in [0.15, 0.2) is 12.3 Å². The first-order valence-electron chi connectivity index (χ1n) is 7.78. The quantitative estimate of drug-likeness (QED) is 0.725. The SMILES string of the molecule is O=C(Nc1cc(C(F)(F)F)cnc1NS(=O)(=O)C(F)(F)F)C1CCCCC1. The molecule has 152 valence electrons. The van der Waals surface area contributed by atoms with Gasteiger partial charge < -0.3 is 5.32 Å². The van der Waals surface area contributed by atoms with Gasteiger partial charge in [-0.15, -0.1) is 0 Å². The van der Waals surface area contributed by atoms with Gasteiger partial charge in [-0.2, -0.15) is 34.8 Å². The molecular weight excluding hydrogens is 404 g/mol. The van der Waals surface area contributed by atoms with Crippen LogP contribution in [-0.4, -0.2) is 24.8 Å². The number of nitrogens with zero attached hydrogens (tertiary/aromatic N) is 1. The summed E-state index contributed by atoms with van der Waals surface area (Å²) in [6, 6.07) is 0.335. The number of alkyl halides is 6. The molecule has 0 unspecified atom stereocenters. The standard InChI is InChI=1S/C14H15F6N3O3S/c15-13(16,17)9-6-10(22-12(24)8-4-2-1-3-5-8)11(21-7-9)23-27(25,26)14(18,19)20/h6-8H,1-5H2,(H,21,23)(H,22,24). The molecule has 0 atom stereocenters. The van der Waals surface area contributed by atoms with Crippen molar-refractivity contribution in [3.8, 4) is 0 Å². The third-order valence-electron chi connectivity index (χ3n) is 3.98. The van der Waals surface area contributed by atoms with Crippen LogP contribution in [0.5, 0.6) is 0 Å². The van der Waals surface area contributed by atoms with Crippen LogP contribution in [0.2, 0.25) is 0 Å². The van der Waals surface area contributed by atoms with Crippen molar-refractivity contribution >= 4 is 27.4 Å². The first-order chi connectivity index (χ1) is 12.3. The number of pyridine rings is 1. The number of carbonyl (C=O) groups is 1. The highest BCUT2D eigenvalue weighted by molar-refractivity contribution is 7.93. The number of hydrogen-bond donors (Lipinski definition) is 2. The van der Waals surface area contributed by atoms with E-state index in [2.05, 4.69) is 10.3 Å². The van der Waals surface area contributed by atoms with Gasteiger partial charge in [-0.25, -0.2) is 4.98 Å². The summed E-state index contributed by atoms with van der Waals surface area (Å²) in [7, 11) is -5.93. The van der Waals surface area contributed by atoms with E-state index < -0.39 is 50.6 Å². The van der Waals surface area contributed by atoms with Crippen molar-refractivity contribution in [1.82, 2.24) is 4.98 Å². The Morgan fingerprint density at radius 1 is 1.07 bits per heavy atom. The fraction of sp³-hybridized carbons (Fsp3) is 0.571. The molecule has 27 heavy (non-hydrogen) atoms. The molecule has 1 heterocycles. The minimum Gasteiger partial charge on any atom is -0.323 e. The molecule has 1 aliphatic rings. The number of halogens is 6. The van der Waals surface area contributed by atoms with Gasteiger partial charge in [0.25, 0.3) is 0 Å². The van der Waals surface area contributed by atoms with Gasteiger partial charge in [0, 0.05) is 12.1 Å². The molecular formula is C14H15F6N3O3S. The third kappa shape index (κ3) is 5.23. The lowest BCUT2D eigenvalue weighted by Crippen LogP contribution is -2.31. The first-order valence-corrected chi connectivity index (χ1v) is 9.27. The summed E-state index contributed by atoms with van der Waals surface area (Å²) in [6.07, 6.45) is -1.42. The molecule has 2 N–H and O–H groups in total. The Kier molecular flexibility index (Phi) is 5.92. The van der Waals surface area contributed by atoms with Crippen LogP contribution in [0.1, 0.15) is 37.7 Å². The van der Waals surface area contributed by atoms with Gasteiger partial charge in [0.1, 0.15) is 0 Å². The van der Waals surface area contributed by atoms with E-state index in [1.807, 2.05) is 0 Å². The number of carbonyl (C=O) groups excluding carboxylic acids is 1. The summed E-state index contributed by atoms with van der Waals surface area (Å²) in [5, 5.41) is 2.07. The Hall–Kier alpha value is -2.05. The summed E-state index contributed by atoms with van der Waals surface area (Å²) in [5.74, 6) is -2.28. The molecule has 6 nitrogen and oxygen atoms in total. The van der Waals surface area contributed by atoms with Gasteiger partial charge in [0.05, 0.1) is 11.3 Å². The van der Waals surface area contributed by atoms with E-state index >= 15 is 0 Å². The second kappa shape index (κ2) is 7.52. The molecule has 0 aromatic carbocycles. The van der Waals surface area contributed by atoms with Crippen molar-refractivity contribution in [3.05, 3.63) is 17.8 Å². The minimum atomic E-state index is -5.93. The molecule has 1 fully saturated rings. The lowest BCUT2D eigenvalue weighted by molar-refractivity contribution is -0.137. The fourth-order valence-electron chi connectivity index (χ4n) is 2.58. The highest BCUT2D eigenvalue weighted by Gasteiger charge is 2.46. The molecule has 0 spiro atoms. The van der Waals surface area contributed by atoms with E-state index in [-0.39, 0.29) is 6.20 Å². The Bertz CT molecular complexity index is 801. The fourth-order valence-corrected chi connectivity index (χ4v) is 3.11. The van der Waals surface area contributed by atoms with Crippen LogP contribution in [0, 0.1) is 5.92 Å². The Morgan fingerprint density at radius 3 is 2.19 bits per heavy atom. The minimum absolute atomic E-state index is 0.171. The average molecular weight is 419 g/mol. The molecule has 1 aliphatic carbocycles. The lowest BCUT2D eigenvalue weighted by Gasteiger charge is -2.22. The lowest BCUT2D eigenvalue weighted by atomic mass is 9.88. The zero-order valence-electron chi connectivity index (χ0n) is 13.6. The van der Waals surface area contributed by atoms with Crippen LogP contribution in [0.25, 0.3) is 0 Å². The molecule has 1 aromatic heterocycles. The van der Waals surface area contributed by atoms with E-state index in [0.29, 0.717) is 18.9 Å². The van der Waals surface area contributed by atoms with Crippen molar-refractivity contribution in [2.75, 3.05) is 10.0 Å². The number of sulfonamides is 1. The van der Waals surface area contributed by atoms with E-state index in [9.17, 15) is 39.6 Å². The second-order valence-corrected chi connectivity index (χ2v) is 7.67. The maximum Gasteiger partial charge on any atom is 0.516 e. The average Bonchev–Trinajstić information content (AvgIpc) is 2.55. The monoisotopic (exact) mass is 419 g/mol. The third-order valence-corrected chi connectivity index (χ3v) is 5.06. The van der Waals surface area contributed by atoms with Crippen molar-refractivity contribution in [2.45, 2.75) is 43.8 Å². The molecule has 2 rings (SSSR count). The van der Waals surface area contributed by atoms with Crippen LogP contribution in [0.4, 0.5) is 37.8 Å². The maximum absolute atomic E-state index is 12.8. The number of rotatable bonds is 4. The predicted molar refractivity (Wildman–Crippen MR) is 83.0 cm³/mol. The van der Waals surface area contributed by atoms with Gasteiger partial charge in [-0.1, -0.05) is 19.3 Å². The molecule has 1 amide bonds. The number of anilines is 2. The van der Waals surface area contributed by atoms with Crippen molar-refractivity contribution < 1.29 is 39.6 Å². The largest absolute Gasteiger partial charge is 0.516 e. The Labute approximate surface area is 150 Å². The highest BCUT2D eigenvalue weighted by Crippen LogP contribution is 2.35. The van der Waals surface area contributed by atoms with Crippen molar-refractivity contribution in [2.24, 2.45) is 5.92 Å². The zero-order chi connectivity index (χ0) is 20.5. The second-order valence-electron chi connectivity index (χ2n) is 5.99. The number of aromatic nitrogens is 1. The summed E-state index contributed by atoms with van der Waals surface area (Å²) >= 11 is 0. The van der Waals surface area contributed by atoms with Crippen molar-refractivity contribution in [3.63, 3.8) is 0 Å². The normalized spacial score (nSPS) is 16.8. The van der Waals surface area contributed by atoms with Crippen LogP contribution >= 0.6 is 0 Å². The van der Waals surface area contributed by atoms with Gasteiger partial charge in [-0.3, -0.25) is 9.52 Å². The van der Waals surface area contributed by atoms with Gasteiger partial charge in [-0.05, 0) is 18.9 Å². The molecule has 0 radical (unpaired) electrons. The molecule has 1 aromatic rings. The number of nitrogens with one attached hydrogen (secondary N) is 2. The molecule has 0 aliphatic heterocycles. The van der Waals surface area contributed by atoms with E-state index in [1.54, 1.807) is 0 Å². The Morgan fingerprint density at radius 2 is 1.67 bits per heavy atom. The van der Waals surface area contributed by atoms with E-state index in [4.69, 9.17) is 0 Å². The smallest absolute Gasteiger partial charge is 0.323 e. The highest BCUT2D eigenvalue weighted by atomic mass is 32.2. The van der Waals surface area contributed by atoms with Crippen LogP contribution in [-0.2, 0) is 21.0 Å². The van der Waals surface area contributed by atoms with Crippen LogP contribution < -0.4 is 10.0 Å². The van der Waals surface area contributed by atoms with Crippen LogP contribution in [0.3, 0.4) is 0 Å². The molecule has 0 saturated heterocycles. The summed E-state index contributed by atoms with van der Waals surface area (Å²) < 4.78 is 99.7. The number of amides is 1. The molecule has 0 bridgehead atoms. The summed E-state index contributed by atoms with van der Waals surface area (Å²) in [5.41, 5.74) is -7.85. The molecule has 13 heteroatoms. The van der Waals surface area contributed by atoms with E-state index in [0.717, 1.165) is 24.0 Å². The topological polar surface area (TPSA) is 88.2 Å². The van der Waals surface area contributed by atoms with E-state index in [1.165, 1.54) is 0 Å². The number of hydrogen-bond acceptors (Lipinski definition) is 4. The van der Waals surface area contributed by atoms with Crippen molar-refractivity contribution in [1.29, 1.82) is 0 Å². The molecule has 1 saturated carbocycles. The predicted octanol–water partition coefficient (Wildman–Crippen LogP) is 3.88. The van der Waals surface area contributed by atoms with Gasteiger partial charge >= 0.3 is 21.7 Å².